The molecule has 1 atom stereocenters. The molecule has 18 heavy (non-hydrogen) atoms. The van der Waals surface area contributed by atoms with Crippen molar-refractivity contribution >= 4 is 0 Å². The minimum Gasteiger partial charge on any atom is -0.314 e. The normalized spacial score (nSPS) is 22.0. The van der Waals surface area contributed by atoms with Crippen LogP contribution in [0.4, 0.5) is 0 Å². The maximum Gasteiger partial charge on any atom is 0.00649 e. The van der Waals surface area contributed by atoms with E-state index in [2.05, 4.69) is 37.9 Å². The summed E-state index contributed by atoms with van der Waals surface area (Å²) in [5, 5.41) is 3.65. The molecule has 1 rings (SSSR count). The maximum atomic E-state index is 3.65. The summed E-state index contributed by atoms with van der Waals surface area (Å²) in [6.45, 7) is 14.5. The maximum absolute atomic E-state index is 3.65. The molecule has 2 heteroatoms. The Morgan fingerprint density at radius 2 is 1.83 bits per heavy atom. The summed E-state index contributed by atoms with van der Waals surface area (Å²) in [7, 11) is 0. The SMILES string of the molecule is CCCNC(CC)CCCN1CCC(C)(C)CC1. The van der Waals surface area contributed by atoms with Crippen molar-refractivity contribution in [1.82, 2.24) is 10.2 Å². The number of piperidine rings is 1. The van der Waals surface area contributed by atoms with Crippen LogP contribution in [0, 0.1) is 5.41 Å². The molecular weight excluding hydrogens is 220 g/mol. The van der Waals surface area contributed by atoms with E-state index in [4.69, 9.17) is 0 Å². The molecule has 0 aromatic heterocycles. The summed E-state index contributed by atoms with van der Waals surface area (Å²) in [5.74, 6) is 0. The fraction of sp³-hybridized carbons (Fsp3) is 1.00. The number of hydrogen-bond donors (Lipinski definition) is 1. The first-order valence-corrected chi connectivity index (χ1v) is 8.03. The molecule has 0 aromatic rings. The third-order valence-electron chi connectivity index (χ3n) is 4.41. The first-order chi connectivity index (χ1) is 8.57. The molecule has 1 N–H and O–H groups in total. The van der Waals surface area contributed by atoms with E-state index in [1.807, 2.05) is 0 Å². The van der Waals surface area contributed by atoms with E-state index < -0.39 is 0 Å². The topological polar surface area (TPSA) is 15.3 Å². The summed E-state index contributed by atoms with van der Waals surface area (Å²) in [6.07, 6.45) is 7.97. The second kappa shape index (κ2) is 8.16. The van der Waals surface area contributed by atoms with Gasteiger partial charge in [0.15, 0.2) is 0 Å². The van der Waals surface area contributed by atoms with Gasteiger partial charge in [-0.3, -0.25) is 0 Å². The van der Waals surface area contributed by atoms with Gasteiger partial charge in [0.1, 0.15) is 0 Å². The van der Waals surface area contributed by atoms with Crippen molar-refractivity contribution in [3.05, 3.63) is 0 Å². The molecule has 0 saturated carbocycles. The van der Waals surface area contributed by atoms with Gasteiger partial charge in [0.05, 0.1) is 0 Å². The highest BCUT2D eigenvalue weighted by atomic mass is 15.1. The molecule has 1 unspecified atom stereocenters. The van der Waals surface area contributed by atoms with Gasteiger partial charge in [-0.05, 0) is 70.1 Å². The Bertz CT molecular complexity index is 203. The van der Waals surface area contributed by atoms with Gasteiger partial charge in [-0.2, -0.15) is 0 Å². The van der Waals surface area contributed by atoms with Crippen molar-refractivity contribution in [2.75, 3.05) is 26.2 Å². The summed E-state index contributed by atoms with van der Waals surface area (Å²) in [6, 6.07) is 0.742. The second-order valence-corrected chi connectivity index (χ2v) is 6.71. The first-order valence-electron chi connectivity index (χ1n) is 8.03. The highest BCUT2D eigenvalue weighted by molar-refractivity contribution is 4.78. The van der Waals surface area contributed by atoms with E-state index in [1.165, 1.54) is 64.7 Å². The van der Waals surface area contributed by atoms with Gasteiger partial charge in [-0.25, -0.2) is 0 Å². The summed E-state index contributed by atoms with van der Waals surface area (Å²) < 4.78 is 0. The Morgan fingerprint density at radius 1 is 1.17 bits per heavy atom. The van der Waals surface area contributed by atoms with Crippen LogP contribution in [-0.4, -0.2) is 37.1 Å². The molecule has 1 fully saturated rings. The van der Waals surface area contributed by atoms with Gasteiger partial charge in [0, 0.05) is 6.04 Å². The number of hydrogen-bond acceptors (Lipinski definition) is 2. The average Bonchev–Trinajstić information content (AvgIpc) is 2.35. The number of nitrogens with zero attached hydrogens (tertiary/aromatic N) is 1. The molecular formula is C16H34N2. The average molecular weight is 254 g/mol. The lowest BCUT2D eigenvalue weighted by Crippen LogP contribution is -2.38. The molecule has 0 bridgehead atoms. The van der Waals surface area contributed by atoms with Crippen LogP contribution >= 0.6 is 0 Å². The fourth-order valence-electron chi connectivity index (χ4n) is 2.74. The van der Waals surface area contributed by atoms with Crippen LogP contribution in [0.1, 0.15) is 66.2 Å². The minimum absolute atomic E-state index is 0.588. The Kier molecular flexibility index (Phi) is 7.25. The highest BCUT2D eigenvalue weighted by Gasteiger charge is 2.24. The second-order valence-electron chi connectivity index (χ2n) is 6.71. The zero-order valence-corrected chi connectivity index (χ0v) is 13.1. The van der Waals surface area contributed by atoms with Crippen LogP contribution in [0.25, 0.3) is 0 Å². The number of likely N-dealkylation sites (tertiary alicyclic amines) is 1. The lowest BCUT2D eigenvalue weighted by atomic mass is 9.82. The van der Waals surface area contributed by atoms with E-state index in [9.17, 15) is 0 Å². The standard InChI is InChI=1S/C16H34N2/c1-5-11-17-15(6-2)8-7-12-18-13-9-16(3,4)10-14-18/h15,17H,5-14H2,1-4H3. The number of nitrogens with one attached hydrogen (secondary N) is 1. The van der Waals surface area contributed by atoms with Crippen molar-refractivity contribution in [2.24, 2.45) is 5.41 Å². The minimum atomic E-state index is 0.588. The van der Waals surface area contributed by atoms with Crippen molar-refractivity contribution in [3.63, 3.8) is 0 Å². The highest BCUT2D eigenvalue weighted by Crippen LogP contribution is 2.29. The van der Waals surface area contributed by atoms with Crippen LogP contribution in [0.5, 0.6) is 0 Å². The van der Waals surface area contributed by atoms with Crippen molar-refractivity contribution in [3.8, 4) is 0 Å². The molecule has 108 valence electrons. The molecule has 2 nitrogen and oxygen atoms in total. The van der Waals surface area contributed by atoms with E-state index in [1.54, 1.807) is 0 Å². The third-order valence-corrected chi connectivity index (χ3v) is 4.41. The Balaban J connectivity index is 2.10. The lowest BCUT2D eigenvalue weighted by molar-refractivity contribution is 0.130. The Hall–Kier alpha value is -0.0800. The molecule has 1 heterocycles. The van der Waals surface area contributed by atoms with Gasteiger partial charge in [-0.1, -0.05) is 27.7 Å². The van der Waals surface area contributed by atoms with Crippen LogP contribution in [0.3, 0.4) is 0 Å². The fourth-order valence-corrected chi connectivity index (χ4v) is 2.74. The lowest BCUT2D eigenvalue weighted by Gasteiger charge is -2.37. The van der Waals surface area contributed by atoms with Crippen LogP contribution in [0.2, 0.25) is 0 Å². The van der Waals surface area contributed by atoms with E-state index in [0.29, 0.717) is 5.41 Å². The van der Waals surface area contributed by atoms with Crippen LogP contribution in [-0.2, 0) is 0 Å². The largest absolute Gasteiger partial charge is 0.314 e. The summed E-state index contributed by atoms with van der Waals surface area (Å²) >= 11 is 0. The zero-order valence-electron chi connectivity index (χ0n) is 13.1. The van der Waals surface area contributed by atoms with Gasteiger partial charge in [0.25, 0.3) is 0 Å². The molecule has 0 spiro atoms. The molecule has 0 amide bonds. The Morgan fingerprint density at radius 3 is 2.39 bits per heavy atom. The van der Waals surface area contributed by atoms with Gasteiger partial charge < -0.3 is 10.2 Å². The molecule has 1 aliphatic rings. The van der Waals surface area contributed by atoms with Crippen molar-refractivity contribution < 1.29 is 0 Å². The predicted molar refractivity (Wildman–Crippen MR) is 81.1 cm³/mol. The monoisotopic (exact) mass is 254 g/mol. The van der Waals surface area contributed by atoms with Crippen molar-refractivity contribution in [1.29, 1.82) is 0 Å². The molecule has 1 saturated heterocycles. The first kappa shape index (κ1) is 16.0. The van der Waals surface area contributed by atoms with Gasteiger partial charge in [-0.15, -0.1) is 0 Å². The molecule has 0 radical (unpaired) electrons. The summed E-state index contributed by atoms with van der Waals surface area (Å²) in [5.41, 5.74) is 0.588. The summed E-state index contributed by atoms with van der Waals surface area (Å²) in [4.78, 5) is 2.66. The van der Waals surface area contributed by atoms with Crippen LogP contribution < -0.4 is 5.32 Å². The predicted octanol–water partition coefficient (Wildman–Crippen LogP) is 3.67. The van der Waals surface area contributed by atoms with Gasteiger partial charge in [0.2, 0.25) is 0 Å². The quantitative estimate of drug-likeness (QED) is 0.711. The van der Waals surface area contributed by atoms with Crippen molar-refractivity contribution in [2.45, 2.75) is 72.3 Å². The van der Waals surface area contributed by atoms with Gasteiger partial charge >= 0.3 is 0 Å². The van der Waals surface area contributed by atoms with E-state index in [0.717, 1.165) is 6.04 Å². The smallest absolute Gasteiger partial charge is 0.00649 e. The molecule has 0 aromatic carbocycles. The number of rotatable bonds is 8. The third kappa shape index (κ3) is 6.19. The Labute approximate surface area is 115 Å². The van der Waals surface area contributed by atoms with Crippen LogP contribution in [0.15, 0.2) is 0 Å². The van der Waals surface area contributed by atoms with E-state index >= 15 is 0 Å². The molecule has 1 aliphatic heterocycles. The zero-order chi connectivity index (χ0) is 13.4. The van der Waals surface area contributed by atoms with E-state index in [-0.39, 0.29) is 0 Å². The molecule has 0 aliphatic carbocycles.